The van der Waals surface area contributed by atoms with Gasteiger partial charge < -0.3 is 5.32 Å². The molecule has 2 heterocycles. The first kappa shape index (κ1) is 15.5. The Kier molecular flexibility index (Phi) is 4.59. The van der Waals surface area contributed by atoms with Gasteiger partial charge in [-0.05, 0) is 19.8 Å². The minimum atomic E-state index is -0.529. The number of urea groups is 1. The number of carbonyl (C=O) groups excluding carboxylic acids is 2. The van der Waals surface area contributed by atoms with Gasteiger partial charge in [0.05, 0.1) is 5.69 Å². The van der Waals surface area contributed by atoms with Crippen molar-refractivity contribution in [3.63, 3.8) is 0 Å². The van der Waals surface area contributed by atoms with Gasteiger partial charge in [0, 0.05) is 25.2 Å². The van der Waals surface area contributed by atoms with Crippen LogP contribution < -0.4 is 5.32 Å². The van der Waals surface area contributed by atoms with Crippen LogP contribution in [0.25, 0.3) is 0 Å². The van der Waals surface area contributed by atoms with Gasteiger partial charge in [0.2, 0.25) is 0 Å². The largest absolute Gasteiger partial charge is 0.325 e. The molecule has 1 N–H and O–H groups in total. The fraction of sp³-hybridized carbons (Fsp3) is 0.714. The Morgan fingerprint density at radius 3 is 2.62 bits per heavy atom. The van der Waals surface area contributed by atoms with Crippen LogP contribution in [0.1, 0.15) is 45.9 Å². The number of amides is 3. The number of carbonyl (C=O) groups is 2. The summed E-state index contributed by atoms with van der Waals surface area (Å²) in [4.78, 5) is 25.5. The molecule has 0 aliphatic carbocycles. The van der Waals surface area contributed by atoms with E-state index in [2.05, 4.69) is 15.6 Å². The first-order valence-corrected chi connectivity index (χ1v) is 7.45. The topological polar surface area (TPSA) is 80.1 Å². The summed E-state index contributed by atoms with van der Waals surface area (Å²) >= 11 is 0. The second kappa shape index (κ2) is 6.24. The van der Waals surface area contributed by atoms with Crippen LogP contribution in [-0.4, -0.2) is 44.4 Å². The summed E-state index contributed by atoms with van der Waals surface area (Å²) in [7, 11) is 0. The first-order chi connectivity index (χ1) is 9.92. The average molecular weight is 293 g/mol. The predicted molar refractivity (Wildman–Crippen MR) is 77.6 cm³/mol. The molecule has 1 aromatic heterocycles. The number of hydrogen-bond acceptors (Lipinski definition) is 4. The molecule has 0 saturated carbocycles. The van der Waals surface area contributed by atoms with E-state index in [0.29, 0.717) is 24.6 Å². The maximum absolute atomic E-state index is 12.3. The van der Waals surface area contributed by atoms with Crippen LogP contribution in [0, 0.1) is 5.92 Å². The third-order valence-corrected chi connectivity index (χ3v) is 3.80. The van der Waals surface area contributed by atoms with Gasteiger partial charge >= 0.3 is 6.03 Å². The van der Waals surface area contributed by atoms with E-state index in [9.17, 15) is 9.59 Å². The van der Waals surface area contributed by atoms with Gasteiger partial charge in [0.1, 0.15) is 6.04 Å². The minimum absolute atomic E-state index is 0.167. The molecule has 1 aliphatic heterocycles. The van der Waals surface area contributed by atoms with Crippen molar-refractivity contribution in [2.75, 3.05) is 6.54 Å². The lowest BCUT2D eigenvalue weighted by Gasteiger charge is -2.16. The Morgan fingerprint density at radius 1 is 1.33 bits per heavy atom. The molecule has 21 heavy (non-hydrogen) atoms. The molecule has 116 valence electrons. The van der Waals surface area contributed by atoms with Gasteiger partial charge in [-0.25, -0.2) is 9.48 Å². The molecule has 7 heteroatoms. The highest BCUT2D eigenvalue weighted by molar-refractivity contribution is 6.04. The van der Waals surface area contributed by atoms with Crippen molar-refractivity contribution in [2.45, 2.75) is 52.6 Å². The molecular weight excluding hydrogens is 270 g/mol. The minimum Gasteiger partial charge on any atom is -0.325 e. The third kappa shape index (κ3) is 3.40. The number of aromatic nitrogens is 3. The van der Waals surface area contributed by atoms with Crippen LogP contribution in [0.2, 0.25) is 0 Å². The second-order valence-corrected chi connectivity index (χ2v) is 5.95. The SMILES string of the molecule is CC[C@@H](C)CN1C(=O)N[C@H](Cc2cn(C(C)C)nn2)C1=O. The van der Waals surface area contributed by atoms with Crippen molar-refractivity contribution < 1.29 is 9.59 Å². The molecule has 3 amide bonds. The zero-order chi connectivity index (χ0) is 15.6. The summed E-state index contributed by atoms with van der Waals surface area (Å²) < 4.78 is 1.74. The average Bonchev–Trinajstić information content (AvgIpc) is 3.00. The molecule has 2 rings (SSSR count). The second-order valence-electron chi connectivity index (χ2n) is 5.95. The van der Waals surface area contributed by atoms with Crippen LogP contribution in [-0.2, 0) is 11.2 Å². The summed E-state index contributed by atoms with van der Waals surface area (Å²) in [5.74, 6) is 0.139. The molecule has 7 nitrogen and oxygen atoms in total. The monoisotopic (exact) mass is 293 g/mol. The van der Waals surface area contributed by atoms with E-state index in [1.165, 1.54) is 4.90 Å². The number of rotatable bonds is 6. The van der Waals surface area contributed by atoms with Crippen molar-refractivity contribution in [1.29, 1.82) is 0 Å². The van der Waals surface area contributed by atoms with Crippen LogP contribution in [0.3, 0.4) is 0 Å². The van der Waals surface area contributed by atoms with E-state index >= 15 is 0 Å². The molecule has 1 fully saturated rings. The lowest BCUT2D eigenvalue weighted by molar-refractivity contribution is -0.127. The number of imide groups is 1. The smallest absolute Gasteiger partial charge is 0.324 e. The van der Waals surface area contributed by atoms with Crippen molar-refractivity contribution in [2.24, 2.45) is 5.92 Å². The van der Waals surface area contributed by atoms with Crippen LogP contribution >= 0.6 is 0 Å². The molecule has 0 radical (unpaired) electrons. The van der Waals surface area contributed by atoms with Crippen molar-refractivity contribution in [3.05, 3.63) is 11.9 Å². The van der Waals surface area contributed by atoms with E-state index < -0.39 is 6.04 Å². The highest BCUT2D eigenvalue weighted by Gasteiger charge is 2.38. The van der Waals surface area contributed by atoms with E-state index in [4.69, 9.17) is 0 Å². The Bertz CT molecular complexity index is 525. The van der Waals surface area contributed by atoms with Gasteiger partial charge in [-0.1, -0.05) is 25.5 Å². The summed E-state index contributed by atoms with van der Waals surface area (Å²) in [5.41, 5.74) is 0.715. The van der Waals surface area contributed by atoms with Crippen LogP contribution in [0.5, 0.6) is 0 Å². The molecule has 0 bridgehead atoms. The fourth-order valence-electron chi connectivity index (χ4n) is 2.20. The number of nitrogens with one attached hydrogen (secondary N) is 1. The van der Waals surface area contributed by atoms with Crippen molar-refractivity contribution in [3.8, 4) is 0 Å². The van der Waals surface area contributed by atoms with Gasteiger partial charge in [-0.15, -0.1) is 5.10 Å². The zero-order valence-electron chi connectivity index (χ0n) is 13.0. The molecule has 2 atom stereocenters. The molecule has 0 aromatic carbocycles. The Balaban J connectivity index is 2.01. The summed E-state index contributed by atoms with van der Waals surface area (Å²) in [6.07, 6.45) is 3.14. The van der Waals surface area contributed by atoms with Gasteiger partial charge in [0.15, 0.2) is 0 Å². The Labute approximate surface area is 124 Å². The number of nitrogens with zero attached hydrogens (tertiary/aromatic N) is 4. The normalized spacial score (nSPS) is 20.2. The summed E-state index contributed by atoms with van der Waals surface area (Å²) in [6.45, 7) is 8.56. The highest BCUT2D eigenvalue weighted by atomic mass is 16.2. The van der Waals surface area contributed by atoms with Gasteiger partial charge in [0.25, 0.3) is 5.91 Å². The maximum Gasteiger partial charge on any atom is 0.324 e. The molecular formula is C14H23N5O2. The van der Waals surface area contributed by atoms with E-state index in [1.807, 2.05) is 33.9 Å². The fourth-order valence-corrected chi connectivity index (χ4v) is 2.20. The highest BCUT2D eigenvalue weighted by Crippen LogP contribution is 2.14. The van der Waals surface area contributed by atoms with Crippen LogP contribution in [0.15, 0.2) is 6.20 Å². The van der Waals surface area contributed by atoms with Gasteiger partial charge in [-0.3, -0.25) is 9.69 Å². The third-order valence-electron chi connectivity index (χ3n) is 3.80. The Hall–Kier alpha value is -1.92. The molecule has 1 aliphatic rings. The zero-order valence-corrected chi connectivity index (χ0v) is 13.0. The predicted octanol–water partition coefficient (Wildman–Crippen LogP) is 1.37. The van der Waals surface area contributed by atoms with Crippen LogP contribution in [0.4, 0.5) is 4.79 Å². The molecule has 0 spiro atoms. The maximum atomic E-state index is 12.3. The quantitative estimate of drug-likeness (QED) is 0.803. The molecule has 1 aromatic rings. The van der Waals surface area contributed by atoms with E-state index in [-0.39, 0.29) is 18.0 Å². The first-order valence-electron chi connectivity index (χ1n) is 7.45. The van der Waals surface area contributed by atoms with Crippen molar-refractivity contribution >= 4 is 11.9 Å². The van der Waals surface area contributed by atoms with E-state index in [0.717, 1.165) is 6.42 Å². The van der Waals surface area contributed by atoms with Gasteiger partial charge in [-0.2, -0.15) is 0 Å². The number of hydrogen-bond donors (Lipinski definition) is 1. The summed E-state index contributed by atoms with van der Waals surface area (Å²) in [5, 5.41) is 10.8. The lowest BCUT2D eigenvalue weighted by atomic mass is 10.1. The molecule has 0 unspecified atom stereocenters. The summed E-state index contributed by atoms with van der Waals surface area (Å²) in [6, 6.07) is -0.609. The Morgan fingerprint density at radius 2 is 2.05 bits per heavy atom. The van der Waals surface area contributed by atoms with E-state index in [1.54, 1.807) is 4.68 Å². The molecule has 1 saturated heterocycles. The standard InChI is InChI=1S/C14H23N5O2/c1-5-10(4)7-18-13(20)12(15-14(18)21)6-11-8-19(9(2)3)17-16-11/h8-10,12H,5-7H2,1-4H3,(H,15,21)/t10-,12-/m1/s1. The van der Waals surface area contributed by atoms with Crippen molar-refractivity contribution in [1.82, 2.24) is 25.2 Å². The lowest BCUT2D eigenvalue weighted by Crippen LogP contribution is -2.35.